The molecule has 0 spiro atoms. The standard InChI is InChI=1S/C18H18O4S/c1-13(19)14-6-9-17(10-7-14)22-23(20,21)18-11-8-15-4-2-3-5-16(15)12-18/h6-12H,2-5H2,1H3. The van der Waals surface area contributed by atoms with Crippen LogP contribution >= 0.6 is 0 Å². The van der Waals surface area contributed by atoms with Crippen molar-refractivity contribution in [2.75, 3.05) is 0 Å². The van der Waals surface area contributed by atoms with Crippen LogP contribution in [0, 0.1) is 0 Å². The maximum absolute atomic E-state index is 12.4. The number of rotatable bonds is 4. The third kappa shape index (κ3) is 3.45. The number of aryl methyl sites for hydroxylation is 2. The van der Waals surface area contributed by atoms with E-state index in [9.17, 15) is 13.2 Å². The van der Waals surface area contributed by atoms with Crippen molar-refractivity contribution in [3.8, 4) is 5.75 Å². The zero-order chi connectivity index (χ0) is 16.4. The predicted octanol–water partition coefficient (Wildman–Crippen LogP) is 3.54. The van der Waals surface area contributed by atoms with Gasteiger partial charge >= 0.3 is 10.1 Å². The molecule has 3 rings (SSSR count). The lowest BCUT2D eigenvalue weighted by Gasteiger charge is -2.16. The molecule has 0 N–H and O–H groups in total. The van der Waals surface area contributed by atoms with Gasteiger partial charge in [-0.1, -0.05) is 6.07 Å². The molecule has 23 heavy (non-hydrogen) atoms. The van der Waals surface area contributed by atoms with Crippen molar-refractivity contribution >= 4 is 15.9 Å². The van der Waals surface area contributed by atoms with Gasteiger partial charge in [0.2, 0.25) is 0 Å². The van der Waals surface area contributed by atoms with Crippen molar-refractivity contribution in [2.45, 2.75) is 37.5 Å². The molecular formula is C18H18O4S. The predicted molar refractivity (Wildman–Crippen MR) is 87.3 cm³/mol. The highest BCUT2D eigenvalue weighted by molar-refractivity contribution is 7.87. The second-order valence-electron chi connectivity index (χ2n) is 5.76. The summed E-state index contributed by atoms with van der Waals surface area (Å²) in [5, 5.41) is 0. The monoisotopic (exact) mass is 330 g/mol. The molecule has 0 heterocycles. The molecule has 0 bridgehead atoms. The Hall–Kier alpha value is -2.14. The Bertz CT molecular complexity index is 836. The van der Waals surface area contributed by atoms with Crippen LogP contribution in [0.5, 0.6) is 5.75 Å². The molecule has 0 aromatic heterocycles. The molecule has 1 aliphatic carbocycles. The Balaban J connectivity index is 1.85. The van der Waals surface area contributed by atoms with Gasteiger partial charge in [-0.2, -0.15) is 8.42 Å². The minimum Gasteiger partial charge on any atom is -0.379 e. The second kappa shape index (κ2) is 6.16. The first-order chi connectivity index (χ1) is 11.0. The van der Waals surface area contributed by atoms with Crippen LogP contribution in [0.3, 0.4) is 0 Å². The van der Waals surface area contributed by atoms with Gasteiger partial charge in [0.05, 0.1) is 0 Å². The van der Waals surface area contributed by atoms with E-state index in [0.717, 1.165) is 31.2 Å². The molecule has 120 valence electrons. The molecule has 2 aromatic rings. The number of ketones is 1. The average molecular weight is 330 g/mol. The summed E-state index contributed by atoms with van der Waals surface area (Å²) in [5.74, 6) is 0.127. The zero-order valence-corrected chi connectivity index (χ0v) is 13.7. The molecule has 1 aliphatic rings. The van der Waals surface area contributed by atoms with E-state index in [1.54, 1.807) is 24.3 Å². The Labute approximate surface area is 136 Å². The number of hydrogen-bond acceptors (Lipinski definition) is 4. The summed E-state index contributed by atoms with van der Waals surface area (Å²) in [6.45, 7) is 1.46. The minimum absolute atomic E-state index is 0.0749. The summed E-state index contributed by atoms with van der Waals surface area (Å²) in [6, 6.07) is 11.3. The third-order valence-corrected chi connectivity index (χ3v) is 5.32. The molecule has 0 saturated heterocycles. The number of fused-ring (bicyclic) bond motifs is 1. The van der Waals surface area contributed by atoms with E-state index < -0.39 is 10.1 Å². The van der Waals surface area contributed by atoms with Gasteiger partial charge in [0, 0.05) is 5.56 Å². The zero-order valence-electron chi connectivity index (χ0n) is 12.9. The second-order valence-corrected chi connectivity index (χ2v) is 7.30. The average Bonchev–Trinajstić information content (AvgIpc) is 2.54. The molecule has 0 unspecified atom stereocenters. The van der Waals surface area contributed by atoms with Crippen LogP contribution in [0.1, 0.15) is 41.3 Å². The Morgan fingerprint density at radius 1 is 0.957 bits per heavy atom. The van der Waals surface area contributed by atoms with Gasteiger partial charge in [-0.15, -0.1) is 0 Å². The van der Waals surface area contributed by atoms with E-state index in [4.69, 9.17) is 4.18 Å². The van der Waals surface area contributed by atoms with Crippen molar-refractivity contribution in [3.05, 3.63) is 59.2 Å². The summed E-state index contributed by atoms with van der Waals surface area (Å²) in [4.78, 5) is 11.4. The van der Waals surface area contributed by atoms with Crippen LogP contribution in [0.25, 0.3) is 0 Å². The molecule has 0 fully saturated rings. The number of hydrogen-bond donors (Lipinski definition) is 0. The quantitative estimate of drug-likeness (QED) is 0.635. The fraction of sp³-hybridized carbons (Fsp3) is 0.278. The third-order valence-electron chi connectivity index (χ3n) is 4.08. The van der Waals surface area contributed by atoms with Gasteiger partial charge < -0.3 is 4.18 Å². The van der Waals surface area contributed by atoms with Crippen LogP contribution in [0.4, 0.5) is 0 Å². The number of benzene rings is 2. The molecule has 0 radical (unpaired) electrons. The van der Waals surface area contributed by atoms with E-state index in [0.29, 0.717) is 5.56 Å². The smallest absolute Gasteiger partial charge is 0.339 e. The molecule has 0 aliphatic heterocycles. The largest absolute Gasteiger partial charge is 0.379 e. The summed E-state index contributed by atoms with van der Waals surface area (Å²) >= 11 is 0. The van der Waals surface area contributed by atoms with Gasteiger partial charge in [-0.05, 0) is 80.1 Å². The lowest BCUT2D eigenvalue weighted by atomic mass is 9.92. The van der Waals surface area contributed by atoms with Crippen molar-refractivity contribution in [1.29, 1.82) is 0 Å². The SMILES string of the molecule is CC(=O)c1ccc(OS(=O)(=O)c2ccc3c(c2)CCCC3)cc1. The highest BCUT2D eigenvalue weighted by Gasteiger charge is 2.19. The van der Waals surface area contributed by atoms with Crippen molar-refractivity contribution in [3.63, 3.8) is 0 Å². The van der Waals surface area contributed by atoms with E-state index in [-0.39, 0.29) is 16.4 Å². The van der Waals surface area contributed by atoms with Crippen molar-refractivity contribution in [2.24, 2.45) is 0 Å². The molecule has 2 aromatic carbocycles. The topological polar surface area (TPSA) is 60.4 Å². The van der Waals surface area contributed by atoms with E-state index >= 15 is 0 Å². The fourth-order valence-corrected chi connectivity index (χ4v) is 3.77. The van der Waals surface area contributed by atoms with Crippen molar-refractivity contribution < 1.29 is 17.4 Å². The Morgan fingerprint density at radius 3 is 2.26 bits per heavy atom. The molecule has 0 atom stereocenters. The molecule has 5 heteroatoms. The van der Waals surface area contributed by atoms with Gasteiger partial charge in [0.25, 0.3) is 0 Å². The maximum Gasteiger partial charge on any atom is 0.339 e. The van der Waals surface area contributed by atoms with Gasteiger partial charge in [-0.25, -0.2) is 0 Å². The fourth-order valence-electron chi connectivity index (χ4n) is 2.79. The molecular weight excluding hydrogens is 312 g/mol. The minimum atomic E-state index is -3.86. The van der Waals surface area contributed by atoms with Gasteiger partial charge in [-0.3, -0.25) is 4.79 Å². The van der Waals surface area contributed by atoms with Crippen LogP contribution in [0.15, 0.2) is 47.4 Å². The summed E-state index contributed by atoms with van der Waals surface area (Å²) in [5.41, 5.74) is 2.83. The number of carbonyl (C=O) groups is 1. The first-order valence-electron chi connectivity index (χ1n) is 7.63. The van der Waals surface area contributed by atoms with E-state index in [1.807, 2.05) is 6.07 Å². The highest BCUT2D eigenvalue weighted by Crippen LogP contribution is 2.26. The summed E-state index contributed by atoms with van der Waals surface area (Å²) in [7, 11) is -3.86. The van der Waals surface area contributed by atoms with Crippen molar-refractivity contribution in [1.82, 2.24) is 0 Å². The van der Waals surface area contributed by atoms with Gasteiger partial charge in [0.1, 0.15) is 10.6 Å². The van der Waals surface area contributed by atoms with Crippen LogP contribution < -0.4 is 4.18 Å². The lowest BCUT2D eigenvalue weighted by molar-refractivity contribution is 0.101. The highest BCUT2D eigenvalue weighted by atomic mass is 32.2. The molecule has 0 saturated carbocycles. The van der Waals surface area contributed by atoms with E-state index in [1.165, 1.54) is 24.6 Å². The molecule has 4 nitrogen and oxygen atoms in total. The lowest BCUT2D eigenvalue weighted by Crippen LogP contribution is -2.12. The number of Topliss-reactive ketones (excluding diaryl/α,β-unsaturated/α-hetero) is 1. The van der Waals surface area contributed by atoms with Crippen LogP contribution in [0.2, 0.25) is 0 Å². The first-order valence-corrected chi connectivity index (χ1v) is 9.04. The van der Waals surface area contributed by atoms with Crippen LogP contribution in [-0.2, 0) is 23.0 Å². The maximum atomic E-state index is 12.4. The normalized spacial score (nSPS) is 14.1. The van der Waals surface area contributed by atoms with Crippen LogP contribution in [-0.4, -0.2) is 14.2 Å². The summed E-state index contributed by atoms with van der Waals surface area (Å²) < 4.78 is 30.0. The Morgan fingerprint density at radius 2 is 1.61 bits per heavy atom. The van der Waals surface area contributed by atoms with E-state index in [2.05, 4.69) is 0 Å². The summed E-state index contributed by atoms with van der Waals surface area (Å²) in [6.07, 6.45) is 4.15. The number of carbonyl (C=O) groups excluding carboxylic acids is 1. The molecule has 0 amide bonds. The first kappa shape index (κ1) is 15.7. The Kier molecular flexibility index (Phi) is 4.22. The van der Waals surface area contributed by atoms with Gasteiger partial charge in [0.15, 0.2) is 5.78 Å².